The standard InChI is InChI=1S/C53H76O4/c1-16-32(6)25-43-35(9)37(29-45(49(43)56)51(11,12)17-2)26-39-21-33(7)23-41(47(39)54)28-42-24-34(8)22-40(48(42)55)27-38-30-46(52(13,14)18-3)50(57)44(36(38)10)31-53(15,19-4)20-5/h21-24,29-30,32,54-57H,16-20,25-28,31H2,1-15H3. The monoisotopic (exact) mass is 777 g/mol. The summed E-state index contributed by atoms with van der Waals surface area (Å²) >= 11 is 0. The lowest BCUT2D eigenvalue weighted by molar-refractivity contribution is 0.289. The van der Waals surface area contributed by atoms with Crippen molar-refractivity contribution in [1.29, 1.82) is 0 Å². The van der Waals surface area contributed by atoms with Gasteiger partial charge in [0.25, 0.3) is 0 Å². The average Bonchev–Trinajstić information content (AvgIpc) is 3.16. The van der Waals surface area contributed by atoms with E-state index in [1.54, 1.807) is 0 Å². The Bertz CT molecular complexity index is 2060. The molecule has 0 bridgehead atoms. The molecule has 0 aromatic heterocycles. The Morgan fingerprint density at radius 3 is 1.18 bits per heavy atom. The topological polar surface area (TPSA) is 80.9 Å². The molecule has 4 rings (SSSR count). The highest BCUT2D eigenvalue weighted by atomic mass is 16.3. The van der Waals surface area contributed by atoms with Crippen LogP contribution in [0.15, 0.2) is 36.4 Å². The molecule has 4 aromatic rings. The first-order valence-electron chi connectivity index (χ1n) is 21.9. The number of hydrogen-bond donors (Lipinski definition) is 4. The van der Waals surface area contributed by atoms with Crippen LogP contribution in [0.5, 0.6) is 23.0 Å². The maximum atomic E-state index is 12.0. The van der Waals surface area contributed by atoms with E-state index in [0.717, 1.165) is 123 Å². The van der Waals surface area contributed by atoms with Crippen molar-refractivity contribution in [1.82, 2.24) is 0 Å². The average molecular weight is 777 g/mol. The van der Waals surface area contributed by atoms with Crippen LogP contribution in [-0.2, 0) is 42.9 Å². The van der Waals surface area contributed by atoms with Crippen LogP contribution in [0.1, 0.15) is 186 Å². The van der Waals surface area contributed by atoms with Gasteiger partial charge in [-0.25, -0.2) is 0 Å². The molecule has 0 heterocycles. The first kappa shape index (κ1) is 45.8. The summed E-state index contributed by atoms with van der Waals surface area (Å²) in [6, 6.07) is 12.6. The van der Waals surface area contributed by atoms with Crippen LogP contribution in [0.25, 0.3) is 0 Å². The molecule has 0 fully saturated rings. The molecule has 0 aliphatic rings. The molecule has 0 radical (unpaired) electrons. The Morgan fingerprint density at radius 1 is 0.474 bits per heavy atom. The van der Waals surface area contributed by atoms with Crippen molar-refractivity contribution in [2.24, 2.45) is 11.3 Å². The molecule has 4 N–H and O–H groups in total. The molecule has 4 aromatic carbocycles. The zero-order chi connectivity index (χ0) is 42.8. The Hall–Kier alpha value is -3.92. The number of phenolic OH excluding ortho intramolecular Hbond substituents is 4. The maximum absolute atomic E-state index is 12.0. The third kappa shape index (κ3) is 9.86. The molecule has 0 saturated heterocycles. The van der Waals surface area contributed by atoms with Gasteiger partial charge in [-0.3, -0.25) is 0 Å². The number of phenols is 4. The van der Waals surface area contributed by atoms with Crippen molar-refractivity contribution in [3.8, 4) is 23.0 Å². The Morgan fingerprint density at radius 2 is 0.825 bits per heavy atom. The second kappa shape index (κ2) is 17.9. The second-order valence-corrected chi connectivity index (χ2v) is 19.4. The molecule has 1 unspecified atom stereocenters. The minimum Gasteiger partial charge on any atom is -0.507 e. The Balaban J connectivity index is 1.80. The van der Waals surface area contributed by atoms with Gasteiger partial charge in [0.2, 0.25) is 0 Å². The van der Waals surface area contributed by atoms with Crippen molar-refractivity contribution < 1.29 is 20.4 Å². The van der Waals surface area contributed by atoms with Gasteiger partial charge < -0.3 is 20.4 Å². The highest BCUT2D eigenvalue weighted by molar-refractivity contribution is 5.58. The van der Waals surface area contributed by atoms with Crippen LogP contribution in [0.4, 0.5) is 0 Å². The molecule has 0 spiro atoms. The van der Waals surface area contributed by atoms with Gasteiger partial charge >= 0.3 is 0 Å². The van der Waals surface area contributed by atoms with E-state index in [1.807, 2.05) is 12.1 Å². The second-order valence-electron chi connectivity index (χ2n) is 19.4. The smallest absolute Gasteiger partial charge is 0.122 e. The Labute approximate surface area is 346 Å². The molecule has 0 aliphatic carbocycles. The maximum Gasteiger partial charge on any atom is 0.122 e. The number of aryl methyl sites for hydroxylation is 2. The summed E-state index contributed by atoms with van der Waals surface area (Å²) in [5.41, 5.74) is 13.5. The summed E-state index contributed by atoms with van der Waals surface area (Å²) < 4.78 is 0. The van der Waals surface area contributed by atoms with E-state index < -0.39 is 0 Å². The van der Waals surface area contributed by atoms with Crippen molar-refractivity contribution in [3.63, 3.8) is 0 Å². The lowest BCUT2D eigenvalue weighted by Crippen LogP contribution is -2.21. The summed E-state index contributed by atoms with van der Waals surface area (Å²) in [6.07, 6.45) is 7.99. The van der Waals surface area contributed by atoms with E-state index in [0.29, 0.717) is 36.7 Å². The number of hydrogen-bond acceptors (Lipinski definition) is 4. The minimum atomic E-state index is -0.210. The van der Waals surface area contributed by atoms with Crippen LogP contribution in [0.2, 0.25) is 0 Å². The van der Waals surface area contributed by atoms with Gasteiger partial charge in [-0.15, -0.1) is 0 Å². The largest absolute Gasteiger partial charge is 0.507 e. The van der Waals surface area contributed by atoms with Crippen LogP contribution in [-0.4, -0.2) is 20.4 Å². The summed E-state index contributed by atoms with van der Waals surface area (Å²) in [6.45, 7) is 32.8. The molecule has 1 atom stereocenters. The van der Waals surface area contributed by atoms with Gasteiger partial charge in [-0.1, -0.05) is 143 Å². The molecule has 57 heavy (non-hydrogen) atoms. The number of aromatic hydroxyl groups is 4. The van der Waals surface area contributed by atoms with E-state index in [-0.39, 0.29) is 27.7 Å². The molecular formula is C53H76O4. The summed E-state index contributed by atoms with van der Waals surface area (Å²) in [4.78, 5) is 0. The van der Waals surface area contributed by atoms with Crippen LogP contribution >= 0.6 is 0 Å². The zero-order valence-corrected chi connectivity index (χ0v) is 38.4. The molecule has 0 saturated carbocycles. The molecule has 0 aliphatic heterocycles. The van der Waals surface area contributed by atoms with E-state index in [2.05, 4.69) is 128 Å². The molecular weight excluding hydrogens is 701 g/mol. The predicted molar refractivity (Wildman–Crippen MR) is 242 cm³/mol. The van der Waals surface area contributed by atoms with Crippen molar-refractivity contribution >= 4 is 0 Å². The summed E-state index contributed by atoms with van der Waals surface area (Å²) in [5, 5.41) is 47.4. The zero-order valence-electron chi connectivity index (χ0n) is 38.4. The SMILES string of the molecule is CCC(C)Cc1c(C)c(Cc2cc(C)cc(Cc3cc(C)cc(Cc4cc(C(C)(C)CC)c(O)c(CC(C)(CC)CC)c4C)c3O)c2O)cc(C(C)(C)CC)c1O. The van der Waals surface area contributed by atoms with Gasteiger partial charge in [0, 0.05) is 30.4 Å². The van der Waals surface area contributed by atoms with Crippen LogP contribution in [0, 0.1) is 39.0 Å². The highest BCUT2D eigenvalue weighted by Crippen LogP contribution is 2.45. The predicted octanol–water partition coefficient (Wildman–Crippen LogP) is 13.8. The lowest BCUT2D eigenvalue weighted by Gasteiger charge is -2.32. The molecule has 4 nitrogen and oxygen atoms in total. The van der Waals surface area contributed by atoms with Crippen LogP contribution < -0.4 is 0 Å². The summed E-state index contributed by atoms with van der Waals surface area (Å²) in [7, 11) is 0. The van der Waals surface area contributed by atoms with E-state index in [9.17, 15) is 20.4 Å². The van der Waals surface area contributed by atoms with Gasteiger partial charge in [-0.05, 0) is 131 Å². The van der Waals surface area contributed by atoms with E-state index in [1.165, 1.54) is 0 Å². The first-order chi connectivity index (χ1) is 26.6. The lowest BCUT2D eigenvalue weighted by atomic mass is 9.73. The van der Waals surface area contributed by atoms with Gasteiger partial charge in [0.05, 0.1) is 0 Å². The van der Waals surface area contributed by atoms with Crippen molar-refractivity contribution in [2.45, 2.75) is 179 Å². The normalized spacial score (nSPS) is 13.0. The first-order valence-corrected chi connectivity index (χ1v) is 21.9. The van der Waals surface area contributed by atoms with Gasteiger partial charge in [-0.2, -0.15) is 0 Å². The van der Waals surface area contributed by atoms with Gasteiger partial charge in [0.15, 0.2) is 0 Å². The summed E-state index contributed by atoms with van der Waals surface area (Å²) in [5.74, 6) is 1.81. The van der Waals surface area contributed by atoms with E-state index >= 15 is 0 Å². The number of benzene rings is 4. The molecule has 4 heteroatoms. The fourth-order valence-corrected chi connectivity index (χ4v) is 8.46. The number of rotatable bonds is 17. The fourth-order valence-electron chi connectivity index (χ4n) is 8.46. The fraction of sp³-hybridized carbons (Fsp3) is 0.547. The Kier molecular flexibility index (Phi) is 14.4. The van der Waals surface area contributed by atoms with Gasteiger partial charge in [0.1, 0.15) is 23.0 Å². The van der Waals surface area contributed by atoms with Crippen molar-refractivity contribution in [2.75, 3.05) is 0 Å². The third-order valence-electron chi connectivity index (χ3n) is 14.3. The molecule has 312 valence electrons. The molecule has 0 amide bonds. The highest BCUT2D eigenvalue weighted by Gasteiger charge is 2.31. The van der Waals surface area contributed by atoms with Crippen LogP contribution in [0.3, 0.4) is 0 Å². The third-order valence-corrected chi connectivity index (χ3v) is 14.3. The van der Waals surface area contributed by atoms with Crippen molar-refractivity contribution in [3.05, 3.63) is 114 Å². The minimum absolute atomic E-state index is 0.0765. The quantitative estimate of drug-likeness (QED) is 0.0861. The van der Waals surface area contributed by atoms with E-state index in [4.69, 9.17) is 0 Å².